The van der Waals surface area contributed by atoms with Crippen LogP contribution in [0.25, 0.3) is 0 Å². The Morgan fingerprint density at radius 2 is 1.95 bits per heavy atom. The van der Waals surface area contributed by atoms with Crippen LogP contribution in [0.4, 0.5) is 4.39 Å². The predicted octanol–water partition coefficient (Wildman–Crippen LogP) is 1.03. The van der Waals surface area contributed by atoms with Gasteiger partial charge in [0.15, 0.2) is 5.78 Å². The zero-order valence-corrected chi connectivity index (χ0v) is 11.0. The lowest BCUT2D eigenvalue weighted by Crippen LogP contribution is -2.47. The second kappa shape index (κ2) is 5.81. The first-order valence-corrected chi connectivity index (χ1v) is 6.18. The number of rotatable bonds is 2. The molecule has 1 atom stereocenters. The average molecular weight is 279 g/mol. The number of halogens is 1. The van der Waals surface area contributed by atoms with Crippen molar-refractivity contribution in [2.45, 2.75) is 6.42 Å². The number of carbonyl (C=O) groups is 3. The first kappa shape index (κ1) is 14.2. The van der Waals surface area contributed by atoms with E-state index in [2.05, 4.69) is 4.74 Å². The van der Waals surface area contributed by atoms with Gasteiger partial charge in [-0.3, -0.25) is 14.4 Å². The minimum absolute atomic E-state index is 0.00170. The Morgan fingerprint density at radius 1 is 1.30 bits per heavy atom. The Balaban J connectivity index is 2.13. The summed E-state index contributed by atoms with van der Waals surface area (Å²) in [5, 5.41) is 0. The van der Waals surface area contributed by atoms with Gasteiger partial charge in [-0.15, -0.1) is 0 Å². The summed E-state index contributed by atoms with van der Waals surface area (Å²) in [5.74, 6) is -2.54. The third kappa shape index (κ3) is 2.84. The van der Waals surface area contributed by atoms with E-state index in [-0.39, 0.29) is 31.2 Å². The van der Waals surface area contributed by atoms with E-state index >= 15 is 0 Å². The Labute approximate surface area is 115 Å². The van der Waals surface area contributed by atoms with Gasteiger partial charge < -0.3 is 9.64 Å². The number of esters is 1. The SMILES string of the molecule is COC(=O)C1CN(C(=O)c2ccc(F)cc2)CCC1=O. The van der Waals surface area contributed by atoms with Crippen LogP contribution < -0.4 is 0 Å². The maximum Gasteiger partial charge on any atom is 0.318 e. The summed E-state index contributed by atoms with van der Waals surface area (Å²) >= 11 is 0. The molecule has 1 aromatic rings. The molecule has 1 heterocycles. The quantitative estimate of drug-likeness (QED) is 0.599. The van der Waals surface area contributed by atoms with E-state index in [0.717, 1.165) is 0 Å². The number of piperidine rings is 1. The second-order valence-electron chi connectivity index (χ2n) is 4.55. The number of Topliss-reactive ketones (excluding diaryl/α,β-unsaturated/α-hetero) is 1. The highest BCUT2D eigenvalue weighted by Gasteiger charge is 2.35. The summed E-state index contributed by atoms with van der Waals surface area (Å²) < 4.78 is 17.4. The van der Waals surface area contributed by atoms with Crippen LogP contribution in [0, 0.1) is 11.7 Å². The zero-order valence-electron chi connectivity index (χ0n) is 11.0. The summed E-state index contributed by atoms with van der Waals surface area (Å²) in [5.41, 5.74) is 0.323. The van der Waals surface area contributed by atoms with Gasteiger partial charge in [-0.05, 0) is 24.3 Å². The molecule has 6 heteroatoms. The van der Waals surface area contributed by atoms with Crippen molar-refractivity contribution in [3.8, 4) is 0 Å². The molecule has 5 nitrogen and oxygen atoms in total. The maximum absolute atomic E-state index is 12.8. The molecule has 106 valence electrons. The Morgan fingerprint density at radius 3 is 2.55 bits per heavy atom. The van der Waals surface area contributed by atoms with Crippen LogP contribution >= 0.6 is 0 Å². The van der Waals surface area contributed by atoms with Gasteiger partial charge in [-0.25, -0.2) is 4.39 Å². The highest BCUT2D eigenvalue weighted by atomic mass is 19.1. The van der Waals surface area contributed by atoms with Crippen LogP contribution in [0.2, 0.25) is 0 Å². The Kier molecular flexibility index (Phi) is 4.12. The molecule has 1 aliphatic heterocycles. The van der Waals surface area contributed by atoms with Gasteiger partial charge in [0, 0.05) is 25.1 Å². The molecule has 0 aliphatic carbocycles. The molecule has 0 N–H and O–H groups in total. The van der Waals surface area contributed by atoms with E-state index in [4.69, 9.17) is 0 Å². The molecule has 2 rings (SSSR count). The topological polar surface area (TPSA) is 63.7 Å². The summed E-state index contributed by atoms with van der Waals surface area (Å²) in [6.45, 7) is 0.254. The molecule has 1 saturated heterocycles. The molecule has 20 heavy (non-hydrogen) atoms. The standard InChI is InChI=1S/C14H14FNO4/c1-20-14(19)11-8-16(7-6-12(11)17)13(18)9-2-4-10(15)5-3-9/h2-5,11H,6-8H2,1H3. The van der Waals surface area contributed by atoms with Crippen molar-refractivity contribution in [3.63, 3.8) is 0 Å². The number of methoxy groups -OCH3 is 1. The Bertz CT molecular complexity index is 533. The number of ketones is 1. The molecule has 1 amide bonds. The summed E-state index contributed by atoms with van der Waals surface area (Å²) in [4.78, 5) is 36.8. The average Bonchev–Trinajstić information content (AvgIpc) is 2.47. The first-order chi connectivity index (χ1) is 9.52. The molecule has 1 aromatic carbocycles. The number of likely N-dealkylation sites (tertiary alicyclic amines) is 1. The third-order valence-electron chi connectivity index (χ3n) is 3.28. The minimum atomic E-state index is -0.932. The summed E-state index contributed by atoms with van der Waals surface area (Å²) in [7, 11) is 1.20. The fourth-order valence-electron chi connectivity index (χ4n) is 2.14. The van der Waals surface area contributed by atoms with Crippen molar-refractivity contribution in [1.29, 1.82) is 0 Å². The van der Waals surface area contributed by atoms with E-state index in [9.17, 15) is 18.8 Å². The maximum atomic E-state index is 12.8. The van der Waals surface area contributed by atoms with E-state index in [1.165, 1.54) is 36.3 Å². The van der Waals surface area contributed by atoms with Gasteiger partial charge in [0.05, 0.1) is 7.11 Å². The van der Waals surface area contributed by atoms with Crippen LogP contribution in [0.15, 0.2) is 24.3 Å². The van der Waals surface area contributed by atoms with Gasteiger partial charge in [-0.1, -0.05) is 0 Å². The Hall–Kier alpha value is -2.24. The van der Waals surface area contributed by atoms with Gasteiger partial charge in [0.2, 0.25) is 0 Å². The van der Waals surface area contributed by atoms with Crippen molar-refractivity contribution < 1.29 is 23.5 Å². The predicted molar refractivity (Wildman–Crippen MR) is 67.4 cm³/mol. The molecule has 0 bridgehead atoms. The smallest absolute Gasteiger partial charge is 0.318 e. The van der Waals surface area contributed by atoms with Gasteiger partial charge in [0.1, 0.15) is 11.7 Å². The monoisotopic (exact) mass is 279 g/mol. The van der Waals surface area contributed by atoms with E-state index in [1.807, 2.05) is 0 Å². The molecular formula is C14H14FNO4. The summed E-state index contributed by atoms with van der Waals surface area (Å²) in [6.07, 6.45) is 0.118. The highest BCUT2D eigenvalue weighted by Crippen LogP contribution is 2.17. The zero-order chi connectivity index (χ0) is 14.7. The minimum Gasteiger partial charge on any atom is -0.468 e. The van der Waals surface area contributed by atoms with Crippen LogP contribution in [-0.2, 0) is 14.3 Å². The molecule has 0 spiro atoms. The molecule has 1 fully saturated rings. The largest absolute Gasteiger partial charge is 0.468 e. The normalized spacial score (nSPS) is 18.8. The van der Waals surface area contributed by atoms with Crippen LogP contribution in [-0.4, -0.2) is 42.8 Å². The highest BCUT2D eigenvalue weighted by molar-refractivity contribution is 6.02. The van der Waals surface area contributed by atoms with E-state index < -0.39 is 17.7 Å². The van der Waals surface area contributed by atoms with Crippen molar-refractivity contribution in [2.75, 3.05) is 20.2 Å². The van der Waals surface area contributed by atoms with E-state index in [0.29, 0.717) is 5.56 Å². The molecule has 1 unspecified atom stereocenters. The number of ether oxygens (including phenoxy) is 1. The van der Waals surface area contributed by atoms with Crippen molar-refractivity contribution in [3.05, 3.63) is 35.6 Å². The van der Waals surface area contributed by atoms with Crippen molar-refractivity contribution in [1.82, 2.24) is 4.90 Å². The van der Waals surface area contributed by atoms with Crippen LogP contribution in [0.3, 0.4) is 0 Å². The van der Waals surface area contributed by atoms with Crippen LogP contribution in [0.1, 0.15) is 16.8 Å². The van der Waals surface area contributed by atoms with Crippen molar-refractivity contribution in [2.24, 2.45) is 5.92 Å². The second-order valence-corrected chi connectivity index (χ2v) is 4.55. The van der Waals surface area contributed by atoms with Gasteiger partial charge in [-0.2, -0.15) is 0 Å². The lowest BCUT2D eigenvalue weighted by molar-refractivity contribution is -0.151. The first-order valence-electron chi connectivity index (χ1n) is 6.18. The number of hydrogen-bond acceptors (Lipinski definition) is 4. The summed E-state index contributed by atoms with van der Waals surface area (Å²) in [6, 6.07) is 5.14. The molecule has 0 radical (unpaired) electrons. The fraction of sp³-hybridized carbons (Fsp3) is 0.357. The number of hydrogen-bond donors (Lipinski definition) is 0. The van der Waals surface area contributed by atoms with Crippen molar-refractivity contribution >= 4 is 17.7 Å². The van der Waals surface area contributed by atoms with E-state index in [1.54, 1.807) is 0 Å². The number of amides is 1. The van der Waals surface area contributed by atoms with Gasteiger partial charge in [0.25, 0.3) is 5.91 Å². The number of benzene rings is 1. The lowest BCUT2D eigenvalue weighted by atomic mass is 9.96. The third-order valence-corrected chi connectivity index (χ3v) is 3.28. The van der Waals surface area contributed by atoms with Gasteiger partial charge >= 0.3 is 5.97 Å². The molecule has 1 aliphatic rings. The molecular weight excluding hydrogens is 265 g/mol. The fourth-order valence-corrected chi connectivity index (χ4v) is 2.14. The lowest BCUT2D eigenvalue weighted by Gasteiger charge is -2.30. The number of nitrogens with zero attached hydrogens (tertiary/aromatic N) is 1. The molecule has 0 saturated carbocycles. The molecule has 0 aromatic heterocycles. The number of carbonyl (C=O) groups excluding carboxylic acids is 3. The van der Waals surface area contributed by atoms with Crippen LogP contribution in [0.5, 0.6) is 0 Å².